The molecular formula is C15H20BrN3O2. The van der Waals surface area contributed by atoms with Crippen LogP contribution in [0, 0.1) is 6.92 Å². The van der Waals surface area contributed by atoms with E-state index in [-0.39, 0.29) is 0 Å². The number of rotatable bonds is 7. The fourth-order valence-corrected chi connectivity index (χ4v) is 2.44. The smallest absolute Gasteiger partial charge is 0.207 e. The van der Waals surface area contributed by atoms with E-state index in [9.17, 15) is 0 Å². The highest BCUT2D eigenvalue weighted by atomic mass is 79.9. The highest BCUT2D eigenvalue weighted by Gasteiger charge is 2.09. The Morgan fingerprint density at radius 3 is 2.86 bits per heavy atom. The summed E-state index contributed by atoms with van der Waals surface area (Å²) in [6, 6.07) is 5.97. The van der Waals surface area contributed by atoms with Crippen molar-refractivity contribution in [1.29, 1.82) is 0 Å². The zero-order valence-corrected chi connectivity index (χ0v) is 14.1. The monoisotopic (exact) mass is 353 g/mol. The summed E-state index contributed by atoms with van der Waals surface area (Å²) >= 11 is 3.47. The molecule has 0 saturated carbocycles. The summed E-state index contributed by atoms with van der Waals surface area (Å²) in [6.45, 7) is 3.53. The molecule has 1 aromatic heterocycles. The van der Waals surface area contributed by atoms with Gasteiger partial charge in [-0.15, -0.1) is 0 Å². The number of halogens is 1. The second-order valence-corrected chi connectivity index (χ2v) is 5.52. The third kappa shape index (κ3) is 3.98. The Labute approximate surface area is 133 Å². The first-order valence-corrected chi connectivity index (χ1v) is 7.57. The minimum absolute atomic E-state index is 0.735. The Morgan fingerprint density at radius 1 is 1.33 bits per heavy atom. The molecule has 0 radical (unpaired) electrons. The predicted molar refractivity (Wildman–Crippen MR) is 87.5 cm³/mol. The van der Waals surface area contributed by atoms with Gasteiger partial charge in [0.2, 0.25) is 5.95 Å². The second-order valence-electron chi connectivity index (χ2n) is 4.67. The zero-order valence-electron chi connectivity index (χ0n) is 12.5. The van der Waals surface area contributed by atoms with Crippen molar-refractivity contribution in [2.24, 2.45) is 0 Å². The van der Waals surface area contributed by atoms with Gasteiger partial charge in [-0.25, -0.2) is 4.98 Å². The van der Waals surface area contributed by atoms with Crippen LogP contribution in [0.3, 0.4) is 0 Å². The van der Waals surface area contributed by atoms with E-state index < -0.39 is 0 Å². The summed E-state index contributed by atoms with van der Waals surface area (Å²) in [4.78, 5) is 4.52. The number of aryl methyl sites for hydroxylation is 1. The van der Waals surface area contributed by atoms with Crippen molar-refractivity contribution in [3.05, 3.63) is 34.6 Å². The molecule has 1 N–H and O–H groups in total. The first kappa shape index (κ1) is 15.9. The lowest BCUT2D eigenvalue weighted by Crippen LogP contribution is -2.09. The Morgan fingerprint density at radius 2 is 2.14 bits per heavy atom. The van der Waals surface area contributed by atoms with Crippen LogP contribution in [0.25, 0.3) is 5.69 Å². The van der Waals surface area contributed by atoms with Crippen molar-refractivity contribution in [3.8, 4) is 11.4 Å². The summed E-state index contributed by atoms with van der Waals surface area (Å²) in [5.41, 5.74) is 1.97. The summed E-state index contributed by atoms with van der Waals surface area (Å²) in [5.74, 6) is 1.62. The number of nitrogens with one attached hydrogen (secondary N) is 1. The number of benzene rings is 1. The third-order valence-electron chi connectivity index (χ3n) is 3.05. The molecule has 114 valence electrons. The SMILES string of the molecule is COCCCNc1nc(C)cn1-c1ccc(Br)c(OC)c1. The van der Waals surface area contributed by atoms with Crippen molar-refractivity contribution >= 4 is 21.9 Å². The van der Waals surface area contributed by atoms with Crippen molar-refractivity contribution in [1.82, 2.24) is 9.55 Å². The first-order chi connectivity index (χ1) is 10.2. The lowest BCUT2D eigenvalue weighted by molar-refractivity contribution is 0.197. The van der Waals surface area contributed by atoms with Crippen LogP contribution in [-0.2, 0) is 4.74 Å². The van der Waals surface area contributed by atoms with E-state index >= 15 is 0 Å². The number of hydrogen-bond donors (Lipinski definition) is 1. The molecule has 0 amide bonds. The van der Waals surface area contributed by atoms with Crippen LogP contribution < -0.4 is 10.1 Å². The number of hydrogen-bond acceptors (Lipinski definition) is 4. The van der Waals surface area contributed by atoms with Crippen LogP contribution in [0.2, 0.25) is 0 Å². The second kappa shape index (κ2) is 7.47. The Balaban J connectivity index is 2.22. The van der Waals surface area contributed by atoms with E-state index in [0.717, 1.165) is 47.1 Å². The molecule has 0 saturated heterocycles. The number of nitrogens with zero attached hydrogens (tertiary/aromatic N) is 2. The van der Waals surface area contributed by atoms with E-state index in [1.807, 2.05) is 35.9 Å². The highest BCUT2D eigenvalue weighted by Crippen LogP contribution is 2.28. The number of methoxy groups -OCH3 is 2. The average molecular weight is 354 g/mol. The molecule has 2 aromatic rings. The Bertz CT molecular complexity index is 599. The molecule has 21 heavy (non-hydrogen) atoms. The normalized spacial score (nSPS) is 10.7. The summed E-state index contributed by atoms with van der Waals surface area (Å²) < 4.78 is 13.4. The largest absolute Gasteiger partial charge is 0.495 e. The van der Waals surface area contributed by atoms with Gasteiger partial charge in [-0.2, -0.15) is 0 Å². The van der Waals surface area contributed by atoms with Gasteiger partial charge in [-0.1, -0.05) is 0 Å². The minimum atomic E-state index is 0.735. The van der Waals surface area contributed by atoms with E-state index in [1.165, 1.54) is 0 Å². The van der Waals surface area contributed by atoms with Gasteiger partial charge in [-0.3, -0.25) is 4.57 Å². The van der Waals surface area contributed by atoms with E-state index in [2.05, 4.69) is 26.2 Å². The van der Waals surface area contributed by atoms with Gasteiger partial charge < -0.3 is 14.8 Å². The molecule has 0 spiro atoms. The van der Waals surface area contributed by atoms with E-state index in [0.29, 0.717) is 0 Å². The lowest BCUT2D eigenvalue weighted by atomic mass is 10.3. The van der Waals surface area contributed by atoms with Crippen molar-refractivity contribution in [2.75, 3.05) is 32.7 Å². The number of anilines is 1. The molecule has 0 unspecified atom stereocenters. The molecular weight excluding hydrogens is 334 g/mol. The fraction of sp³-hybridized carbons (Fsp3) is 0.400. The van der Waals surface area contributed by atoms with Crippen LogP contribution in [-0.4, -0.2) is 36.9 Å². The molecule has 1 heterocycles. The van der Waals surface area contributed by atoms with Crippen molar-refractivity contribution in [2.45, 2.75) is 13.3 Å². The number of ether oxygens (including phenoxy) is 2. The average Bonchev–Trinajstić information content (AvgIpc) is 2.85. The summed E-state index contributed by atoms with van der Waals surface area (Å²) in [5, 5.41) is 3.34. The predicted octanol–water partition coefficient (Wildman–Crippen LogP) is 3.40. The maximum atomic E-state index is 5.35. The standard InChI is InChI=1S/C15H20BrN3O2/c1-11-10-19(15(18-11)17-7-4-8-20-2)12-5-6-13(16)14(9-12)21-3/h5-6,9-10H,4,7-8H2,1-3H3,(H,17,18). The molecule has 0 aliphatic carbocycles. The van der Waals surface area contributed by atoms with Crippen LogP contribution in [0.1, 0.15) is 12.1 Å². The molecule has 2 rings (SSSR count). The highest BCUT2D eigenvalue weighted by molar-refractivity contribution is 9.10. The van der Waals surface area contributed by atoms with E-state index in [1.54, 1.807) is 14.2 Å². The minimum Gasteiger partial charge on any atom is -0.495 e. The van der Waals surface area contributed by atoms with Crippen LogP contribution in [0.15, 0.2) is 28.9 Å². The number of imidazole rings is 1. The molecule has 5 nitrogen and oxygen atoms in total. The van der Waals surface area contributed by atoms with Crippen LogP contribution in [0.4, 0.5) is 5.95 Å². The molecule has 0 fully saturated rings. The van der Waals surface area contributed by atoms with Crippen LogP contribution >= 0.6 is 15.9 Å². The van der Waals surface area contributed by atoms with Gasteiger partial charge in [0.05, 0.1) is 23.0 Å². The van der Waals surface area contributed by atoms with Crippen molar-refractivity contribution in [3.63, 3.8) is 0 Å². The topological polar surface area (TPSA) is 48.3 Å². The molecule has 0 atom stereocenters. The Kier molecular flexibility index (Phi) is 5.64. The summed E-state index contributed by atoms with van der Waals surface area (Å²) in [6.07, 6.45) is 2.94. The van der Waals surface area contributed by atoms with Gasteiger partial charge in [0.25, 0.3) is 0 Å². The molecule has 0 bridgehead atoms. The van der Waals surface area contributed by atoms with Gasteiger partial charge in [0, 0.05) is 32.5 Å². The third-order valence-corrected chi connectivity index (χ3v) is 3.70. The van der Waals surface area contributed by atoms with Gasteiger partial charge in [0.15, 0.2) is 0 Å². The molecule has 1 aromatic carbocycles. The Hall–Kier alpha value is -1.53. The van der Waals surface area contributed by atoms with Gasteiger partial charge in [0.1, 0.15) is 5.75 Å². The maximum Gasteiger partial charge on any atom is 0.207 e. The van der Waals surface area contributed by atoms with Crippen LogP contribution in [0.5, 0.6) is 5.75 Å². The molecule has 0 aliphatic rings. The van der Waals surface area contributed by atoms with Gasteiger partial charge in [-0.05, 0) is 41.4 Å². The number of aromatic nitrogens is 2. The molecule has 6 heteroatoms. The maximum absolute atomic E-state index is 5.35. The quantitative estimate of drug-likeness (QED) is 0.775. The first-order valence-electron chi connectivity index (χ1n) is 6.78. The lowest BCUT2D eigenvalue weighted by Gasteiger charge is -2.11. The van der Waals surface area contributed by atoms with E-state index in [4.69, 9.17) is 9.47 Å². The van der Waals surface area contributed by atoms with Crippen molar-refractivity contribution < 1.29 is 9.47 Å². The summed E-state index contributed by atoms with van der Waals surface area (Å²) in [7, 11) is 3.37. The van der Waals surface area contributed by atoms with Gasteiger partial charge >= 0.3 is 0 Å². The molecule has 0 aliphatic heterocycles. The zero-order chi connectivity index (χ0) is 15.2. The fourth-order valence-electron chi connectivity index (χ4n) is 2.03.